The summed E-state index contributed by atoms with van der Waals surface area (Å²) in [5.41, 5.74) is 9.10. The Kier molecular flexibility index (Phi) is 4.00. The number of carbonyl (C=O) groups excluding carboxylic acids is 1. The van der Waals surface area contributed by atoms with Gasteiger partial charge < -0.3 is 15.7 Å². The van der Waals surface area contributed by atoms with Crippen molar-refractivity contribution in [1.29, 1.82) is 0 Å². The van der Waals surface area contributed by atoms with Crippen LogP contribution >= 0.6 is 0 Å². The topological polar surface area (TPSA) is 78.9 Å². The molecular weight excluding hydrogens is 278 g/mol. The van der Waals surface area contributed by atoms with Gasteiger partial charge in [-0.25, -0.2) is 0 Å². The molecule has 1 aliphatic rings. The van der Waals surface area contributed by atoms with Gasteiger partial charge in [0.25, 0.3) is 5.91 Å². The van der Waals surface area contributed by atoms with Gasteiger partial charge in [0.15, 0.2) is 6.17 Å². The van der Waals surface area contributed by atoms with Crippen LogP contribution in [0.2, 0.25) is 0 Å². The first-order valence-corrected chi connectivity index (χ1v) is 7.13. The molecular formula is C17H17N3O2. The second-order valence-corrected chi connectivity index (χ2v) is 5.02. The van der Waals surface area contributed by atoms with Crippen molar-refractivity contribution in [3.8, 4) is 0 Å². The molecule has 22 heavy (non-hydrogen) atoms. The molecule has 112 valence electrons. The molecule has 2 aromatic carbocycles. The summed E-state index contributed by atoms with van der Waals surface area (Å²) < 4.78 is 0. The van der Waals surface area contributed by atoms with Gasteiger partial charge in [0.05, 0.1) is 18.0 Å². The number of hydrogen-bond acceptors (Lipinski definition) is 4. The normalized spacial score (nSPS) is 17.7. The largest absolute Gasteiger partial charge is 0.395 e. The molecule has 0 spiro atoms. The molecule has 0 unspecified atom stereocenters. The number of anilines is 1. The summed E-state index contributed by atoms with van der Waals surface area (Å²) in [7, 11) is 0. The Labute approximate surface area is 128 Å². The van der Waals surface area contributed by atoms with E-state index in [0.717, 1.165) is 16.8 Å². The zero-order chi connectivity index (χ0) is 15.5. The number of nitrogens with zero attached hydrogens (tertiary/aromatic N) is 2. The van der Waals surface area contributed by atoms with Crippen molar-refractivity contribution in [2.24, 2.45) is 10.7 Å². The molecule has 0 saturated heterocycles. The third-order valence-corrected chi connectivity index (χ3v) is 3.61. The van der Waals surface area contributed by atoms with Crippen LogP contribution < -0.4 is 10.6 Å². The van der Waals surface area contributed by atoms with Gasteiger partial charge in [-0.3, -0.25) is 9.79 Å². The molecule has 1 atom stereocenters. The molecule has 0 fully saturated rings. The van der Waals surface area contributed by atoms with E-state index in [0.29, 0.717) is 5.71 Å². The van der Waals surface area contributed by atoms with Crippen molar-refractivity contribution in [1.82, 2.24) is 0 Å². The van der Waals surface area contributed by atoms with E-state index in [-0.39, 0.29) is 19.1 Å². The summed E-state index contributed by atoms with van der Waals surface area (Å²) in [5.74, 6) is -0.313. The lowest BCUT2D eigenvalue weighted by atomic mass is 10.0. The van der Waals surface area contributed by atoms with Crippen molar-refractivity contribution in [2.45, 2.75) is 6.17 Å². The molecule has 3 N–H and O–H groups in total. The summed E-state index contributed by atoms with van der Waals surface area (Å²) in [6, 6.07) is 17.2. The minimum Gasteiger partial charge on any atom is -0.395 e. The summed E-state index contributed by atoms with van der Waals surface area (Å²) in [5, 5.41) is 9.25. The standard InChI is InChI=1S/C17H17N3O2/c18-16-17(22)20(10-11-21)14-9-5-4-8-13(14)15(19-16)12-6-2-1-3-7-12/h1-9,16,21H,10-11,18H2/t16-/m0/s1. The Bertz CT molecular complexity index is 713. The molecule has 1 heterocycles. The number of hydrogen-bond donors (Lipinski definition) is 2. The number of nitrogens with two attached hydrogens (primary N) is 1. The number of aliphatic imine (C=N–C) groups is 1. The van der Waals surface area contributed by atoms with Gasteiger partial charge >= 0.3 is 0 Å². The van der Waals surface area contributed by atoms with Crippen LogP contribution in [0.1, 0.15) is 11.1 Å². The average Bonchev–Trinajstić information content (AvgIpc) is 2.67. The fraction of sp³-hybridized carbons (Fsp3) is 0.176. The smallest absolute Gasteiger partial charge is 0.266 e. The van der Waals surface area contributed by atoms with E-state index in [9.17, 15) is 9.90 Å². The predicted molar refractivity (Wildman–Crippen MR) is 85.9 cm³/mol. The quantitative estimate of drug-likeness (QED) is 0.891. The number of benzodiazepines with no additional fused rings is 1. The summed E-state index contributed by atoms with van der Waals surface area (Å²) >= 11 is 0. The Hall–Kier alpha value is -2.50. The number of para-hydroxylation sites is 1. The molecule has 2 aromatic rings. The van der Waals surface area contributed by atoms with E-state index in [1.165, 1.54) is 4.90 Å². The van der Waals surface area contributed by atoms with Crippen molar-refractivity contribution in [3.05, 3.63) is 65.7 Å². The molecule has 0 radical (unpaired) electrons. The SMILES string of the molecule is N[C@H]1N=C(c2ccccc2)c2ccccc2N(CCO)C1=O. The number of benzene rings is 2. The van der Waals surface area contributed by atoms with Crippen molar-refractivity contribution in [2.75, 3.05) is 18.1 Å². The van der Waals surface area contributed by atoms with E-state index >= 15 is 0 Å². The molecule has 5 heteroatoms. The Morgan fingerprint density at radius 3 is 2.50 bits per heavy atom. The van der Waals surface area contributed by atoms with Crippen LogP contribution in [-0.2, 0) is 4.79 Å². The molecule has 0 bridgehead atoms. The van der Waals surface area contributed by atoms with Gasteiger partial charge in [0.2, 0.25) is 0 Å². The number of amides is 1. The third kappa shape index (κ3) is 2.52. The lowest BCUT2D eigenvalue weighted by Crippen LogP contribution is -2.43. The van der Waals surface area contributed by atoms with E-state index in [4.69, 9.17) is 5.73 Å². The van der Waals surface area contributed by atoms with E-state index in [2.05, 4.69) is 4.99 Å². The number of aliphatic hydroxyl groups is 1. The van der Waals surface area contributed by atoms with E-state index in [1.54, 1.807) is 0 Å². The minimum absolute atomic E-state index is 0.131. The van der Waals surface area contributed by atoms with Gasteiger partial charge in [0, 0.05) is 17.7 Å². The molecule has 3 rings (SSSR count). The number of carbonyl (C=O) groups is 1. The third-order valence-electron chi connectivity index (χ3n) is 3.61. The molecule has 5 nitrogen and oxygen atoms in total. The minimum atomic E-state index is -0.978. The fourth-order valence-electron chi connectivity index (χ4n) is 2.61. The van der Waals surface area contributed by atoms with Gasteiger partial charge in [-0.05, 0) is 6.07 Å². The average molecular weight is 295 g/mol. The Morgan fingerprint density at radius 2 is 1.77 bits per heavy atom. The zero-order valence-corrected chi connectivity index (χ0v) is 12.0. The molecule has 0 aromatic heterocycles. The van der Waals surface area contributed by atoms with Gasteiger partial charge in [0.1, 0.15) is 0 Å². The van der Waals surface area contributed by atoms with Crippen LogP contribution in [0, 0.1) is 0 Å². The van der Waals surface area contributed by atoms with Crippen LogP contribution in [0.5, 0.6) is 0 Å². The highest BCUT2D eigenvalue weighted by Gasteiger charge is 2.29. The number of aliphatic hydroxyl groups excluding tert-OH is 1. The first kappa shape index (κ1) is 14.4. The second kappa shape index (κ2) is 6.09. The first-order valence-electron chi connectivity index (χ1n) is 7.13. The zero-order valence-electron chi connectivity index (χ0n) is 12.0. The van der Waals surface area contributed by atoms with Gasteiger partial charge in [-0.15, -0.1) is 0 Å². The maximum atomic E-state index is 12.5. The molecule has 0 saturated carbocycles. The lowest BCUT2D eigenvalue weighted by molar-refractivity contribution is -0.119. The predicted octanol–water partition coefficient (Wildman–Crippen LogP) is 1.15. The fourth-order valence-corrected chi connectivity index (χ4v) is 2.61. The van der Waals surface area contributed by atoms with Gasteiger partial charge in [-0.2, -0.15) is 0 Å². The molecule has 1 aliphatic heterocycles. The van der Waals surface area contributed by atoms with Crippen LogP contribution in [0.15, 0.2) is 59.6 Å². The van der Waals surface area contributed by atoms with Crippen LogP contribution in [-0.4, -0.2) is 36.0 Å². The summed E-state index contributed by atoms with van der Waals surface area (Å²) in [6.07, 6.45) is -0.978. The van der Waals surface area contributed by atoms with Crippen molar-refractivity contribution >= 4 is 17.3 Å². The van der Waals surface area contributed by atoms with E-state index < -0.39 is 6.17 Å². The Balaban J connectivity index is 2.20. The summed E-state index contributed by atoms with van der Waals surface area (Å²) in [6.45, 7) is 0.0641. The number of rotatable bonds is 3. The Morgan fingerprint density at radius 1 is 1.09 bits per heavy atom. The second-order valence-electron chi connectivity index (χ2n) is 5.02. The van der Waals surface area contributed by atoms with Crippen LogP contribution in [0.4, 0.5) is 5.69 Å². The highest BCUT2D eigenvalue weighted by atomic mass is 16.3. The number of fused-ring (bicyclic) bond motifs is 1. The first-order chi connectivity index (χ1) is 10.7. The van der Waals surface area contributed by atoms with Gasteiger partial charge in [-0.1, -0.05) is 48.5 Å². The molecule has 1 amide bonds. The van der Waals surface area contributed by atoms with Crippen LogP contribution in [0.25, 0.3) is 0 Å². The van der Waals surface area contributed by atoms with E-state index in [1.807, 2.05) is 54.6 Å². The summed E-state index contributed by atoms with van der Waals surface area (Å²) in [4.78, 5) is 18.4. The number of β-amino-alcohol motifs (C(OH)–C–C–N with tert-alkyl or cyclic N) is 1. The van der Waals surface area contributed by atoms with Crippen molar-refractivity contribution < 1.29 is 9.90 Å². The maximum Gasteiger partial charge on any atom is 0.266 e. The highest BCUT2D eigenvalue weighted by molar-refractivity contribution is 6.20. The lowest BCUT2D eigenvalue weighted by Gasteiger charge is -2.23. The van der Waals surface area contributed by atoms with Crippen molar-refractivity contribution in [3.63, 3.8) is 0 Å². The highest BCUT2D eigenvalue weighted by Crippen LogP contribution is 2.27. The molecule has 0 aliphatic carbocycles. The monoisotopic (exact) mass is 295 g/mol. The maximum absolute atomic E-state index is 12.5. The van der Waals surface area contributed by atoms with Crippen LogP contribution in [0.3, 0.4) is 0 Å².